The molecule has 0 aromatic heterocycles. The van der Waals surface area contributed by atoms with Crippen LogP contribution in [0.4, 0.5) is 0 Å². The molecular formula is C18H29NO. The normalized spacial score (nSPS) is 24.6. The molecule has 0 aliphatic heterocycles. The third-order valence-corrected chi connectivity index (χ3v) is 4.35. The lowest BCUT2D eigenvalue weighted by Crippen LogP contribution is -2.29. The van der Waals surface area contributed by atoms with Crippen molar-refractivity contribution >= 4 is 0 Å². The smallest absolute Gasteiger partial charge is 0.0952 e. The van der Waals surface area contributed by atoms with Crippen molar-refractivity contribution in [1.29, 1.82) is 0 Å². The molecule has 1 atom stereocenters. The van der Waals surface area contributed by atoms with Gasteiger partial charge >= 0.3 is 0 Å². The molecular weight excluding hydrogens is 246 g/mol. The minimum Gasteiger partial charge on any atom is -0.369 e. The summed E-state index contributed by atoms with van der Waals surface area (Å²) in [6, 6.07) is 8.78. The number of hydrogen-bond donors (Lipinski definition) is 1. The van der Waals surface area contributed by atoms with Gasteiger partial charge in [0.1, 0.15) is 0 Å². The Morgan fingerprint density at radius 2 is 1.80 bits per heavy atom. The minimum absolute atomic E-state index is 0.189. The summed E-state index contributed by atoms with van der Waals surface area (Å²) in [4.78, 5) is 0. The Hall–Kier alpha value is -0.860. The molecule has 0 bridgehead atoms. The Morgan fingerprint density at radius 1 is 1.15 bits per heavy atom. The first-order valence-corrected chi connectivity index (χ1v) is 8.11. The number of benzene rings is 1. The second-order valence-electron chi connectivity index (χ2n) is 6.22. The summed E-state index contributed by atoms with van der Waals surface area (Å²) in [5, 5.41) is 3.43. The zero-order valence-electron chi connectivity index (χ0n) is 13.2. The second-order valence-corrected chi connectivity index (χ2v) is 6.22. The standard InChI is InChI=1S/C18H29NO/c1-4-19-13-18(16-9-5-14(2)6-10-16)20-17-11-7-15(3)8-12-17/h5-6,9-10,15,17-19H,4,7-8,11-13H2,1-3H3. The average Bonchev–Trinajstić information content (AvgIpc) is 2.46. The van der Waals surface area contributed by atoms with Crippen molar-refractivity contribution in [2.45, 2.75) is 58.7 Å². The average molecular weight is 275 g/mol. The molecule has 1 aromatic carbocycles. The van der Waals surface area contributed by atoms with E-state index in [1.165, 1.54) is 36.8 Å². The van der Waals surface area contributed by atoms with Gasteiger partial charge in [-0.2, -0.15) is 0 Å². The number of hydrogen-bond acceptors (Lipinski definition) is 2. The van der Waals surface area contributed by atoms with E-state index in [0.717, 1.165) is 19.0 Å². The Bertz CT molecular complexity index is 379. The van der Waals surface area contributed by atoms with Gasteiger partial charge in [0.05, 0.1) is 12.2 Å². The quantitative estimate of drug-likeness (QED) is 0.838. The summed E-state index contributed by atoms with van der Waals surface area (Å²) >= 11 is 0. The van der Waals surface area contributed by atoms with E-state index in [4.69, 9.17) is 4.74 Å². The lowest BCUT2D eigenvalue weighted by Gasteiger charge is -2.30. The van der Waals surface area contributed by atoms with Crippen LogP contribution in [0.2, 0.25) is 0 Å². The van der Waals surface area contributed by atoms with E-state index < -0.39 is 0 Å². The van der Waals surface area contributed by atoms with Gasteiger partial charge in [0, 0.05) is 6.54 Å². The molecule has 2 rings (SSSR count). The Kier molecular flexibility index (Phi) is 6.06. The van der Waals surface area contributed by atoms with Gasteiger partial charge < -0.3 is 10.1 Å². The van der Waals surface area contributed by atoms with E-state index in [0.29, 0.717) is 6.10 Å². The van der Waals surface area contributed by atoms with E-state index in [-0.39, 0.29) is 6.10 Å². The summed E-state index contributed by atoms with van der Waals surface area (Å²) < 4.78 is 6.41. The van der Waals surface area contributed by atoms with Gasteiger partial charge in [0.25, 0.3) is 0 Å². The largest absolute Gasteiger partial charge is 0.369 e. The molecule has 1 saturated carbocycles. The highest BCUT2D eigenvalue weighted by Crippen LogP contribution is 2.29. The Labute approximate surface area is 123 Å². The Morgan fingerprint density at radius 3 is 2.40 bits per heavy atom. The van der Waals surface area contributed by atoms with Gasteiger partial charge in [-0.05, 0) is 50.6 Å². The first-order valence-electron chi connectivity index (χ1n) is 8.11. The predicted molar refractivity (Wildman–Crippen MR) is 85.0 cm³/mol. The molecule has 1 N–H and O–H groups in total. The molecule has 0 radical (unpaired) electrons. The molecule has 1 aliphatic rings. The van der Waals surface area contributed by atoms with Crippen molar-refractivity contribution in [2.24, 2.45) is 5.92 Å². The van der Waals surface area contributed by atoms with Crippen LogP contribution in [-0.2, 0) is 4.74 Å². The van der Waals surface area contributed by atoms with Crippen LogP contribution in [0.3, 0.4) is 0 Å². The van der Waals surface area contributed by atoms with Crippen LogP contribution >= 0.6 is 0 Å². The summed E-state index contributed by atoms with van der Waals surface area (Å²) in [7, 11) is 0. The molecule has 1 unspecified atom stereocenters. The maximum Gasteiger partial charge on any atom is 0.0952 e. The fraction of sp³-hybridized carbons (Fsp3) is 0.667. The molecule has 1 aromatic rings. The molecule has 20 heavy (non-hydrogen) atoms. The SMILES string of the molecule is CCNCC(OC1CCC(C)CC1)c1ccc(C)cc1. The molecule has 0 amide bonds. The topological polar surface area (TPSA) is 21.3 Å². The zero-order chi connectivity index (χ0) is 14.4. The van der Waals surface area contributed by atoms with E-state index >= 15 is 0 Å². The third kappa shape index (κ3) is 4.60. The van der Waals surface area contributed by atoms with E-state index in [1.54, 1.807) is 0 Å². The maximum atomic E-state index is 6.41. The molecule has 2 heteroatoms. The lowest BCUT2D eigenvalue weighted by atomic mass is 9.89. The van der Waals surface area contributed by atoms with Gasteiger partial charge in [0.15, 0.2) is 0 Å². The first kappa shape index (κ1) is 15.5. The van der Waals surface area contributed by atoms with Crippen LogP contribution in [0, 0.1) is 12.8 Å². The van der Waals surface area contributed by atoms with Crippen molar-refractivity contribution in [3.05, 3.63) is 35.4 Å². The number of nitrogens with one attached hydrogen (secondary N) is 1. The van der Waals surface area contributed by atoms with Gasteiger partial charge in [-0.15, -0.1) is 0 Å². The molecule has 0 spiro atoms. The van der Waals surface area contributed by atoms with Gasteiger partial charge in [0.2, 0.25) is 0 Å². The number of likely N-dealkylation sites (N-methyl/N-ethyl adjacent to an activating group) is 1. The van der Waals surface area contributed by atoms with Crippen LogP contribution in [0.5, 0.6) is 0 Å². The first-order chi connectivity index (χ1) is 9.69. The zero-order valence-corrected chi connectivity index (χ0v) is 13.2. The fourth-order valence-corrected chi connectivity index (χ4v) is 2.90. The van der Waals surface area contributed by atoms with Crippen LogP contribution in [-0.4, -0.2) is 19.2 Å². The Balaban J connectivity index is 1.97. The van der Waals surface area contributed by atoms with Crippen LogP contribution in [0.25, 0.3) is 0 Å². The predicted octanol–water partition coefficient (Wildman–Crippen LogP) is 4.24. The molecule has 112 valence electrons. The summed E-state index contributed by atoms with van der Waals surface area (Å²) in [6.07, 6.45) is 5.69. The molecule has 0 heterocycles. The number of aryl methyl sites for hydroxylation is 1. The maximum absolute atomic E-state index is 6.41. The van der Waals surface area contributed by atoms with Gasteiger partial charge in [-0.3, -0.25) is 0 Å². The molecule has 0 saturated heterocycles. The van der Waals surface area contributed by atoms with Crippen molar-refractivity contribution in [3.8, 4) is 0 Å². The molecule has 2 nitrogen and oxygen atoms in total. The van der Waals surface area contributed by atoms with Crippen molar-refractivity contribution in [3.63, 3.8) is 0 Å². The van der Waals surface area contributed by atoms with Crippen LogP contribution in [0.1, 0.15) is 56.8 Å². The lowest BCUT2D eigenvalue weighted by molar-refractivity contribution is -0.0361. The van der Waals surface area contributed by atoms with Crippen LogP contribution < -0.4 is 5.32 Å². The number of ether oxygens (including phenoxy) is 1. The fourth-order valence-electron chi connectivity index (χ4n) is 2.90. The minimum atomic E-state index is 0.189. The van der Waals surface area contributed by atoms with Crippen LogP contribution in [0.15, 0.2) is 24.3 Å². The highest BCUT2D eigenvalue weighted by Gasteiger charge is 2.22. The summed E-state index contributed by atoms with van der Waals surface area (Å²) in [5.74, 6) is 0.876. The molecule has 1 fully saturated rings. The van der Waals surface area contributed by atoms with E-state index in [2.05, 4.69) is 50.4 Å². The van der Waals surface area contributed by atoms with E-state index in [9.17, 15) is 0 Å². The molecule has 1 aliphatic carbocycles. The third-order valence-electron chi connectivity index (χ3n) is 4.35. The summed E-state index contributed by atoms with van der Waals surface area (Å²) in [5.41, 5.74) is 2.61. The number of rotatable bonds is 6. The van der Waals surface area contributed by atoms with Gasteiger partial charge in [-0.25, -0.2) is 0 Å². The van der Waals surface area contributed by atoms with Crippen molar-refractivity contribution in [1.82, 2.24) is 5.32 Å². The van der Waals surface area contributed by atoms with Crippen molar-refractivity contribution < 1.29 is 4.74 Å². The van der Waals surface area contributed by atoms with Gasteiger partial charge in [-0.1, -0.05) is 43.7 Å². The monoisotopic (exact) mass is 275 g/mol. The second kappa shape index (κ2) is 7.80. The van der Waals surface area contributed by atoms with Crippen molar-refractivity contribution in [2.75, 3.05) is 13.1 Å². The highest BCUT2D eigenvalue weighted by molar-refractivity contribution is 5.23. The highest BCUT2D eigenvalue weighted by atomic mass is 16.5. The van der Waals surface area contributed by atoms with E-state index in [1.807, 2.05) is 0 Å². The summed E-state index contributed by atoms with van der Waals surface area (Å²) in [6.45, 7) is 8.53.